The second-order valence-corrected chi connectivity index (χ2v) is 4.98. The topological polar surface area (TPSA) is 20.2 Å². The third-order valence-corrected chi connectivity index (χ3v) is 2.67. The molecule has 0 aliphatic carbocycles. The van der Waals surface area contributed by atoms with Gasteiger partial charge in [-0.3, -0.25) is 0 Å². The van der Waals surface area contributed by atoms with Crippen molar-refractivity contribution in [3.63, 3.8) is 0 Å². The molecule has 0 aliphatic heterocycles. The van der Waals surface area contributed by atoms with E-state index in [4.69, 9.17) is 0 Å². The van der Waals surface area contributed by atoms with Crippen molar-refractivity contribution in [3.8, 4) is 0 Å². The lowest BCUT2D eigenvalue weighted by Crippen LogP contribution is -2.31. The molecule has 1 aromatic rings. The van der Waals surface area contributed by atoms with Crippen LogP contribution in [0.25, 0.3) is 0 Å². The monoisotopic (exact) mass is 204 g/mol. The first-order valence-electron chi connectivity index (χ1n) is 5.32. The van der Waals surface area contributed by atoms with E-state index < -0.39 is 6.10 Å². The second-order valence-electron chi connectivity index (χ2n) is 4.98. The van der Waals surface area contributed by atoms with Gasteiger partial charge in [0.05, 0.1) is 6.10 Å². The Morgan fingerprint density at radius 3 is 2.13 bits per heavy atom. The minimum absolute atomic E-state index is 0.00574. The van der Waals surface area contributed by atoms with E-state index in [-0.39, 0.29) is 11.3 Å². The lowest BCUT2D eigenvalue weighted by Gasteiger charge is -2.31. The van der Waals surface area contributed by atoms with Gasteiger partial charge in [0.15, 0.2) is 0 Å². The lowest BCUT2D eigenvalue weighted by molar-refractivity contribution is 0.0510. The molecular formula is C14H20O. The number of hydrogen-bond acceptors (Lipinski definition) is 1. The highest BCUT2D eigenvalue weighted by atomic mass is 16.3. The quantitative estimate of drug-likeness (QED) is 0.748. The fourth-order valence-corrected chi connectivity index (χ4v) is 1.66. The van der Waals surface area contributed by atoms with Crippen LogP contribution in [0, 0.1) is 5.41 Å². The largest absolute Gasteiger partial charge is 0.392 e. The van der Waals surface area contributed by atoms with Crippen LogP contribution in [0.15, 0.2) is 43.0 Å². The molecular weight excluding hydrogens is 184 g/mol. The van der Waals surface area contributed by atoms with Gasteiger partial charge in [0.1, 0.15) is 0 Å². The molecule has 2 unspecified atom stereocenters. The average molecular weight is 204 g/mol. The summed E-state index contributed by atoms with van der Waals surface area (Å²) < 4.78 is 0. The van der Waals surface area contributed by atoms with Crippen LogP contribution in [0.5, 0.6) is 0 Å². The molecule has 2 atom stereocenters. The molecule has 0 heterocycles. The normalized spacial score (nSPS) is 15.7. The first-order chi connectivity index (χ1) is 6.96. The van der Waals surface area contributed by atoms with Crippen molar-refractivity contribution in [3.05, 3.63) is 48.6 Å². The van der Waals surface area contributed by atoms with Crippen molar-refractivity contribution in [2.24, 2.45) is 5.41 Å². The van der Waals surface area contributed by atoms with Gasteiger partial charge in [-0.1, -0.05) is 57.2 Å². The minimum atomic E-state index is -0.405. The van der Waals surface area contributed by atoms with Crippen molar-refractivity contribution in [2.45, 2.75) is 32.8 Å². The highest BCUT2D eigenvalue weighted by Crippen LogP contribution is 2.32. The van der Waals surface area contributed by atoms with Crippen LogP contribution in [-0.2, 0) is 0 Å². The Labute approximate surface area is 92.5 Å². The summed E-state index contributed by atoms with van der Waals surface area (Å²) in [6, 6.07) is 10.0. The molecule has 0 saturated heterocycles. The van der Waals surface area contributed by atoms with Crippen LogP contribution in [0.3, 0.4) is 0 Å². The van der Waals surface area contributed by atoms with Crippen LogP contribution < -0.4 is 0 Å². The van der Waals surface area contributed by atoms with Gasteiger partial charge in [-0.25, -0.2) is 0 Å². The molecule has 0 radical (unpaired) electrons. The van der Waals surface area contributed by atoms with Gasteiger partial charge in [-0.05, 0) is 11.0 Å². The molecule has 0 bridgehead atoms. The molecule has 1 nitrogen and oxygen atoms in total. The summed E-state index contributed by atoms with van der Waals surface area (Å²) in [5.41, 5.74) is 0.990. The number of benzene rings is 1. The van der Waals surface area contributed by atoms with E-state index in [0.29, 0.717) is 0 Å². The highest BCUT2D eigenvalue weighted by Gasteiger charge is 2.29. The van der Waals surface area contributed by atoms with Gasteiger partial charge >= 0.3 is 0 Å². The fraction of sp³-hybridized carbons (Fsp3) is 0.429. The predicted molar refractivity (Wildman–Crippen MR) is 64.8 cm³/mol. The van der Waals surface area contributed by atoms with Gasteiger partial charge in [-0.15, -0.1) is 6.58 Å². The summed E-state index contributed by atoms with van der Waals surface area (Å²) in [5.74, 6) is 0.00574. The molecule has 0 amide bonds. The molecule has 1 rings (SSSR count). The zero-order valence-corrected chi connectivity index (χ0v) is 9.77. The van der Waals surface area contributed by atoms with Crippen molar-refractivity contribution >= 4 is 0 Å². The van der Waals surface area contributed by atoms with Gasteiger partial charge in [-0.2, -0.15) is 0 Å². The third kappa shape index (κ3) is 2.93. The summed E-state index contributed by atoms with van der Waals surface area (Å²) in [5, 5.41) is 10.2. The maximum atomic E-state index is 10.2. The molecule has 1 heteroatoms. The Hall–Kier alpha value is -1.08. The Morgan fingerprint density at radius 2 is 1.73 bits per heavy atom. The van der Waals surface area contributed by atoms with E-state index in [0.717, 1.165) is 5.56 Å². The minimum Gasteiger partial charge on any atom is -0.392 e. The first-order valence-corrected chi connectivity index (χ1v) is 5.32. The molecule has 0 aromatic heterocycles. The molecule has 0 saturated carbocycles. The van der Waals surface area contributed by atoms with Crippen LogP contribution in [0.4, 0.5) is 0 Å². The molecule has 15 heavy (non-hydrogen) atoms. The standard InChI is InChI=1S/C14H20O/c1-5-12(13(15)14(2,3)4)11-9-7-6-8-10-11/h5-10,12-13,15H,1H2,2-4H3. The van der Waals surface area contributed by atoms with Gasteiger partial charge in [0.25, 0.3) is 0 Å². The van der Waals surface area contributed by atoms with Crippen molar-refractivity contribution < 1.29 is 5.11 Å². The molecule has 1 N–H and O–H groups in total. The van der Waals surface area contributed by atoms with Gasteiger partial charge in [0, 0.05) is 5.92 Å². The number of aliphatic hydroxyl groups excluding tert-OH is 1. The van der Waals surface area contributed by atoms with Crippen molar-refractivity contribution in [1.82, 2.24) is 0 Å². The zero-order valence-electron chi connectivity index (χ0n) is 9.77. The number of aliphatic hydroxyl groups is 1. The van der Waals surface area contributed by atoms with E-state index in [1.807, 2.05) is 57.2 Å². The van der Waals surface area contributed by atoms with Crippen LogP contribution in [0.2, 0.25) is 0 Å². The summed E-state index contributed by atoms with van der Waals surface area (Å²) in [6.45, 7) is 9.93. The third-order valence-electron chi connectivity index (χ3n) is 2.67. The van der Waals surface area contributed by atoms with E-state index >= 15 is 0 Å². The molecule has 82 valence electrons. The Kier molecular flexibility index (Phi) is 3.70. The maximum absolute atomic E-state index is 10.2. The Balaban J connectivity index is 2.95. The van der Waals surface area contributed by atoms with E-state index in [9.17, 15) is 5.11 Å². The highest BCUT2D eigenvalue weighted by molar-refractivity contribution is 5.25. The van der Waals surface area contributed by atoms with Crippen molar-refractivity contribution in [2.75, 3.05) is 0 Å². The fourth-order valence-electron chi connectivity index (χ4n) is 1.66. The average Bonchev–Trinajstić information content (AvgIpc) is 2.19. The molecule has 0 spiro atoms. The zero-order chi connectivity index (χ0) is 11.5. The van der Waals surface area contributed by atoms with Gasteiger partial charge < -0.3 is 5.11 Å². The number of hydrogen-bond donors (Lipinski definition) is 1. The lowest BCUT2D eigenvalue weighted by atomic mass is 9.78. The molecule has 1 aromatic carbocycles. The van der Waals surface area contributed by atoms with Crippen LogP contribution in [0.1, 0.15) is 32.3 Å². The SMILES string of the molecule is C=CC(c1ccccc1)C(O)C(C)(C)C. The molecule has 0 aliphatic rings. The van der Waals surface area contributed by atoms with E-state index in [1.165, 1.54) is 0 Å². The van der Waals surface area contributed by atoms with Gasteiger partial charge in [0.2, 0.25) is 0 Å². The summed E-state index contributed by atoms with van der Waals surface area (Å²) in [4.78, 5) is 0. The smallest absolute Gasteiger partial charge is 0.0691 e. The maximum Gasteiger partial charge on any atom is 0.0691 e. The van der Waals surface area contributed by atoms with Crippen molar-refractivity contribution in [1.29, 1.82) is 0 Å². The second kappa shape index (κ2) is 4.63. The summed E-state index contributed by atoms with van der Waals surface area (Å²) in [7, 11) is 0. The number of rotatable bonds is 3. The molecule has 0 fully saturated rings. The Morgan fingerprint density at radius 1 is 1.20 bits per heavy atom. The van der Waals surface area contributed by atoms with Crippen LogP contribution in [-0.4, -0.2) is 11.2 Å². The summed E-state index contributed by atoms with van der Waals surface area (Å²) >= 11 is 0. The van der Waals surface area contributed by atoms with Crippen LogP contribution >= 0.6 is 0 Å². The predicted octanol–water partition coefficient (Wildman–Crippen LogP) is 3.36. The Bertz CT molecular complexity index is 308. The van der Waals surface area contributed by atoms with E-state index in [1.54, 1.807) is 0 Å². The summed E-state index contributed by atoms with van der Waals surface area (Å²) in [6.07, 6.45) is 1.42. The van der Waals surface area contributed by atoms with E-state index in [2.05, 4.69) is 6.58 Å². The first kappa shape index (κ1) is 12.0.